The quantitative estimate of drug-likeness (QED) is 0.464. The van der Waals surface area contributed by atoms with Crippen molar-refractivity contribution >= 4 is 38.6 Å². The van der Waals surface area contributed by atoms with Gasteiger partial charge < -0.3 is 21.1 Å². The molecule has 160 valence electrons. The van der Waals surface area contributed by atoms with Crippen LogP contribution in [-0.4, -0.2) is 33.1 Å². The minimum Gasteiger partial charge on any atom is -0.491 e. The van der Waals surface area contributed by atoms with E-state index in [9.17, 15) is 0 Å². The predicted molar refractivity (Wildman–Crippen MR) is 128 cm³/mol. The third-order valence-electron chi connectivity index (χ3n) is 5.43. The second-order valence-corrected chi connectivity index (χ2v) is 8.55. The average molecular weight is 444 g/mol. The number of nitrogens with two attached hydrogens (primary N) is 2. The SMILES string of the molecule is C#CCc1c(C)nc(N)nc1N1CCOc2ccc(-c3cnc4sc(N)nc4c3)cc2C1. The van der Waals surface area contributed by atoms with Crippen LogP contribution in [0.2, 0.25) is 0 Å². The molecule has 8 nitrogen and oxygen atoms in total. The minimum absolute atomic E-state index is 0.235. The molecule has 0 bridgehead atoms. The number of fused-ring (bicyclic) bond motifs is 2. The highest BCUT2D eigenvalue weighted by molar-refractivity contribution is 7.21. The summed E-state index contributed by atoms with van der Waals surface area (Å²) in [5.74, 6) is 4.55. The molecular weight excluding hydrogens is 422 g/mol. The normalized spacial score (nSPS) is 13.3. The van der Waals surface area contributed by atoms with E-state index in [1.54, 1.807) is 0 Å². The number of aryl methyl sites for hydroxylation is 1. The molecule has 9 heteroatoms. The van der Waals surface area contributed by atoms with Crippen LogP contribution in [0.5, 0.6) is 5.75 Å². The van der Waals surface area contributed by atoms with Crippen LogP contribution in [0.25, 0.3) is 21.5 Å². The number of ether oxygens (including phenoxy) is 1. The molecule has 0 saturated carbocycles. The molecule has 4 N–H and O–H groups in total. The van der Waals surface area contributed by atoms with Gasteiger partial charge in [-0.1, -0.05) is 17.4 Å². The van der Waals surface area contributed by atoms with Crippen LogP contribution in [-0.2, 0) is 13.0 Å². The van der Waals surface area contributed by atoms with Crippen LogP contribution < -0.4 is 21.1 Å². The minimum atomic E-state index is 0.235. The highest BCUT2D eigenvalue weighted by Crippen LogP contribution is 2.33. The molecule has 0 saturated heterocycles. The summed E-state index contributed by atoms with van der Waals surface area (Å²) in [5.41, 5.74) is 17.3. The first kappa shape index (κ1) is 20.0. The maximum Gasteiger partial charge on any atom is 0.222 e. The Kier molecular flexibility index (Phi) is 4.99. The Morgan fingerprint density at radius 2 is 2.06 bits per heavy atom. The van der Waals surface area contributed by atoms with E-state index in [1.165, 1.54) is 11.3 Å². The molecule has 3 aromatic heterocycles. The number of anilines is 3. The Labute approximate surface area is 189 Å². The highest BCUT2D eigenvalue weighted by atomic mass is 32.1. The lowest BCUT2D eigenvalue weighted by atomic mass is 10.0. The Balaban J connectivity index is 1.53. The van der Waals surface area contributed by atoms with Gasteiger partial charge in [0.25, 0.3) is 0 Å². The van der Waals surface area contributed by atoms with Crippen molar-refractivity contribution in [2.45, 2.75) is 19.9 Å². The summed E-state index contributed by atoms with van der Waals surface area (Å²) >= 11 is 1.38. The van der Waals surface area contributed by atoms with E-state index in [0.29, 0.717) is 31.2 Å². The molecule has 4 heterocycles. The molecule has 0 unspecified atom stereocenters. The van der Waals surface area contributed by atoms with E-state index in [2.05, 4.69) is 36.8 Å². The smallest absolute Gasteiger partial charge is 0.222 e. The van der Waals surface area contributed by atoms with Gasteiger partial charge in [0.1, 0.15) is 28.5 Å². The van der Waals surface area contributed by atoms with Crippen molar-refractivity contribution in [2.24, 2.45) is 0 Å². The van der Waals surface area contributed by atoms with E-state index in [0.717, 1.165) is 49.9 Å². The third kappa shape index (κ3) is 3.65. The number of nitrogen functional groups attached to an aromatic ring is 2. The Hall–Kier alpha value is -3.90. The van der Waals surface area contributed by atoms with Crippen molar-refractivity contribution in [2.75, 3.05) is 29.5 Å². The summed E-state index contributed by atoms with van der Waals surface area (Å²) in [7, 11) is 0. The van der Waals surface area contributed by atoms with Crippen LogP contribution in [0, 0.1) is 19.3 Å². The van der Waals surface area contributed by atoms with Crippen molar-refractivity contribution in [1.29, 1.82) is 0 Å². The Morgan fingerprint density at radius 3 is 2.91 bits per heavy atom. The number of hydrogen-bond acceptors (Lipinski definition) is 9. The lowest BCUT2D eigenvalue weighted by Gasteiger charge is -2.24. The number of pyridine rings is 1. The topological polar surface area (TPSA) is 116 Å². The second kappa shape index (κ2) is 7.98. The van der Waals surface area contributed by atoms with Gasteiger partial charge in [-0.2, -0.15) is 4.98 Å². The number of nitrogens with zero attached hydrogens (tertiary/aromatic N) is 5. The number of thiazole rings is 1. The maximum atomic E-state index is 6.03. The molecule has 1 aliphatic heterocycles. The van der Waals surface area contributed by atoms with Crippen LogP contribution in [0.15, 0.2) is 30.5 Å². The van der Waals surface area contributed by atoms with Crippen LogP contribution in [0.4, 0.5) is 16.9 Å². The molecule has 0 amide bonds. The molecule has 1 aliphatic rings. The van der Waals surface area contributed by atoms with E-state index in [-0.39, 0.29) is 5.95 Å². The Bertz CT molecular complexity index is 1380. The van der Waals surface area contributed by atoms with Crippen molar-refractivity contribution in [1.82, 2.24) is 19.9 Å². The number of rotatable bonds is 3. The zero-order valence-electron chi connectivity index (χ0n) is 17.5. The number of terminal acetylenes is 1. The molecule has 1 aromatic carbocycles. The van der Waals surface area contributed by atoms with Crippen LogP contribution in [0.3, 0.4) is 0 Å². The van der Waals surface area contributed by atoms with Gasteiger partial charge in [0.2, 0.25) is 5.95 Å². The van der Waals surface area contributed by atoms with Crippen LogP contribution >= 0.6 is 11.3 Å². The van der Waals surface area contributed by atoms with Crippen molar-refractivity contribution in [3.8, 4) is 29.2 Å². The van der Waals surface area contributed by atoms with Gasteiger partial charge in [-0.3, -0.25) is 0 Å². The predicted octanol–water partition coefficient (Wildman–Crippen LogP) is 3.20. The summed E-state index contributed by atoms with van der Waals surface area (Å²) in [6, 6.07) is 8.15. The van der Waals surface area contributed by atoms with Crippen molar-refractivity contribution < 1.29 is 4.74 Å². The molecule has 0 fully saturated rings. The van der Waals surface area contributed by atoms with Gasteiger partial charge in [0.05, 0.1) is 6.54 Å². The van der Waals surface area contributed by atoms with Gasteiger partial charge in [-0.15, -0.1) is 12.3 Å². The molecule has 32 heavy (non-hydrogen) atoms. The van der Waals surface area contributed by atoms with Gasteiger partial charge >= 0.3 is 0 Å². The number of benzene rings is 1. The standard InChI is InChI=1S/C23H21N7OS/c1-3-4-17-13(2)27-22(24)29-20(17)30-7-8-31-19-6-5-14(9-16(19)12-30)15-10-18-21(26-11-15)32-23(25)28-18/h1,5-6,9-11H,4,7-8,12H2,2H3,(H2,25,28)(H2,24,27,29). The highest BCUT2D eigenvalue weighted by Gasteiger charge is 2.22. The average Bonchev–Trinajstić information content (AvgIpc) is 3.01. The molecule has 0 spiro atoms. The zero-order chi connectivity index (χ0) is 22.2. The van der Waals surface area contributed by atoms with Crippen LogP contribution in [0.1, 0.15) is 16.8 Å². The lowest BCUT2D eigenvalue weighted by Crippen LogP contribution is -2.28. The van der Waals surface area contributed by atoms with Gasteiger partial charge in [-0.05, 0) is 30.7 Å². The van der Waals surface area contributed by atoms with E-state index < -0.39 is 0 Å². The fourth-order valence-corrected chi connectivity index (χ4v) is 4.58. The van der Waals surface area contributed by atoms with Gasteiger partial charge in [0.15, 0.2) is 5.13 Å². The summed E-state index contributed by atoms with van der Waals surface area (Å²) in [4.78, 5) is 20.6. The summed E-state index contributed by atoms with van der Waals surface area (Å²) in [6.45, 7) is 3.69. The monoisotopic (exact) mass is 443 g/mol. The second-order valence-electron chi connectivity index (χ2n) is 7.54. The fraction of sp³-hybridized carbons (Fsp3) is 0.217. The summed E-state index contributed by atoms with van der Waals surface area (Å²) < 4.78 is 6.03. The largest absolute Gasteiger partial charge is 0.491 e. The van der Waals surface area contributed by atoms with Gasteiger partial charge in [0, 0.05) is 41.5 Å². The fourth-order valence-electron chi connectivity index (χ4n) is 3.93. The first-order chi connectivity index (χ1) is 15.5. The summed E-state index contributed by atoms with van der Waals surface area (Å²) in [6.07, 6.45) is 7.88. The Morgan fingerprint density at radius 1 is 1.19 bits per heavy atom. The summed E-state index contributed by atoms with van der Waals surface area (Å²) in [5, 5.41) is 0.512. The lowest BCUT2D eigenvalue weighted by molar-refractivity contribution is 0.331. The first-order valence-electron chi connectivity index (χ1n) is 10.1. The first-order valence-corrected chi connectivity index (χ1v) is 10.9. The molecular formula is C23H21N7OS. The van der Waals surface area contributed by atoms with E-state index in [4.69, 9.17) is 22.6 Å². The molecule has 0 radical (unpaired) electrons. The number of hydrogen-bond donors (Lipinski definition) is 2. The van der Waals surface area contributed by atoms with Crippen molar-refractivity contribution in [3.05, 3.63) is 47.3 Å². The van der Waals surface area contributed by atoms with E-state index >= 15 is 0 Å². The number of aromatic nitrogens is 4. The third-order valence-corrected chi connectivity index (χ3v) is 6.23. The maximum absolute atomic E-state index is 6.03. The molecule has 4 aromatic rings. The molecule has 0 aliphatic carbocycles. The van der Waals surface area contributed by atoms with Gasteiger partial charge in [-0.25, -0.2) is 15.0 Å². The molecule has 5 rings (SSSR count). The molecule has 0 atom stereocenters. The van der Waals surface area contributed by atoms with E-state index in [1.807, 2.05) is 31.3 Å². The zero-order valence-corrected chi connectivity index (χ0v) is 18.3. The van der Waals surface area contributed by atoms with Crippen molar-refractivity contribution in [3.63, 3.8) is 0 Å².